The molecular formula is C14H19Br2N3. The molecule has 0 spiro atoms. The molecule has 2 unspecified atom stereocenters. The number of halogens is 2. The van der Waals surface area contributed by atoms with E-state index in [0.29, 0.717) is 12.0 Å². The monoisotopic (exact) mass is 387 g/mol. The van der Waals surface area contributed by atoms with Crippen molar-refractivity contribution in [2.45, 2.75) is 31.3 Å². The lowest BCUT2D eigenvalue weighted by Crippen LogP contribution is -2.30. The summed E-state index contributed by atoms with van der Waals surface area (Å²) in [5.41, 5.74) is 1.17. The van der Waals surface area contributed by atoms with Crippen LogP contribution in [0.1, 0.15) is 31.0 Å². The fourth-order valence-corrected chi connectivity index (χ4v) is 4.14. The molecule has 0 radical (unpaired) electrons. The number of pyridine rings is 1. The van der Waals surface area contributed by atoms with Crippen molar-refractivity contribution < 1.29 is 0 Å². The van der Waals surface area contributed by atoms with E-state index in [0.717, 1.165) is 28.1 Å². The molecule has 1 N–H and O–H groups in total. The second-order valence-corrected chi connectivity index (χ2v) is 7.45. The van der Waals surface area contributed by atoms with Crippen LogP contribution in [0.5, 0.6) is 0 Å². The quantitative estimate of drug-likeness (QED) is 0.857. The molecule has 2 heterocycles. The Balaban J connectivity index is 1.77. The van der Waals surface area contributed by atoms with E-state index in [2.05, 4.69) is 60.2 Å². The number of nitrogens with zero attached hydrogens (tertiary/aromatic N) is 2. The Labute approximate surface area is 131 Å². The summed E-state index contributed by atoms with van der Waals surface area (Å²) in [6, 6.07) is 3.31. The standard InChI is InChI=1S/C14H19Br2N3/c1-19-5-4-9(7-17-11-2-3-11)14(19)13-12(16)6-10(15)8-18-13/h6,8-9,11,14,17H,2-5,7H2,1H3. The van der Waals surface area contributed by atoms with Gasteiger partial charge in [0.25, 0.3) is 0 Å². The van der Waals surface area contributed by atoms with Crippen molar-refractivity contribution >= 4 is 31.9 Å². The van der Waals surface area contributed by atoms with Crippen LogP contribution >= 0.6 is 31.9 Å². The molecule has 19 heavy (non-hydrogen) atoms. The van der Waals surface area contributed by atoms with Gasteiger partial charge >= 0.3 is 0 Å². The average Bonchev–Trinajstić information content (AvgIpc) is 3.12. The molecule has 104 valence electrons. The lowest BCUT2D eigenvalue weighted by Gasteiger charge is -2.25. The van der Waals surface area contributed by atoms with Crippen LogP contribution in [-0.4, -0.2) is 36.1 Å². The predicted octanol–water partition coefficient (Wildman–Crippen LogP) is 3.35. The summed E-state index contributed by atoms with van der Waals surface area (Å²) in [6.07, 6.45) is 5.86. The van der Waals surface area contributed by atoms with Crippen LogP contribution in [0.4, 0.5) is 0 Å². The minimum atomic E-state index is 0.425. The summed E-state index contributed by atoms with van der Waals surface area (Å²) in [4.78, 5) is 7.07. The third-order valence-electron chi connectivity index (χ3n) is 4.14. The molecule has 1 saturated carbocycles. The molecule has 2 atom stereocenters. The van der Waals surface area contributed by atoms with Crippen molar-refractivity contribution in [3.63, 3.8) is 0 Å². The van der Waals surface area contributed by atoms with Gasteiger partial charge in [-0.15, -0.1) is 0 Å². The topological polar surface area (TPSA) is 28.2 Å². The SMILES string of the molecule is CN1CCC(CNC2CC2)C1c1ncc(Br)cc1Br. The molecule has 3 rings (SSSR count). The van der Waals surface area contributed by atoms with Gasteiger partial charge in [-0.3, -0.25) is 9.88 Å². The maximum absolute atomic E-state index is 4.64. The average molecular weight is 389 g/mol. The summed E-state index contributed by atoms with van der Waals surface area (Å²) in [6.45, 7) is 2.27. The van der Waals surface area contributed by atoms with Crippen molar-refractivity contribution in [1.29, 1.82) is 0 Å². The first-order chi connectivity index (χ1) is 9.15. The molecule has 1 aliphatic carbocycles. The molecule has 0 aromatic carbocycles. The highest BCUT2D eigenvalue weighted by molar-refractivity contribution is 9.11. The second-order valence-electron chi connectivity index (χ2n) is 5.68. The Morgan fingerprint density at radius 1 is 1.37 bits per heavy atom. The highest BCUT2D eigenvalue weighted by Crippen LogP contribution is 2.38. The Hall–Kier alpha value is 0.0300. The highest BCUT2D eigenvalue weighted by Gasteiger charge is 2.36. The lowest BCUT2D eigenvalue weighted by molar-refractivity contribution is 0.265. The van der Waals surface area contributed by atoms with Crippen LogP contribution in [0, 0.1) is 5.92 Å². The Bertz CT molecular complexity index is 462. The summed E-state index contributed by atoms with van der Waals surface area (Å²) < 4.78 is 2.13. The normalized spacial score (nSPS) is 27.9. The first-order valence-corrected chi connectivity index (χ1v) is 8.48. The number of hydrogen-bond acceptors (Lipinski definition) is 3. The van der Waals surface area contributed by atoms with E-state index < -0.39 is 0 Å². The van der Waals surface area contributed by atoms with Gasteiger partial charge in [-0.05, 0) is 76.7 Å². The van der Waals surface area contributed by atoms with Crippen molar-refractivity contribution in [2.24, 2.45) is 5.92 Å². The summed E-state index contributed by atoms with van der Waals surface area (Å²) in [5.74, 6) is 0.663. The molecule has 3 nitrogen and oxygen atoms in total. The zero-order valence-electron chi connectivity index (χ0n) is 11.1. The summed E-state index contributed by atoms with van der Waals surface area (Å²) in [5, 5.41) is 3.67. The number of aromatic nitrogens is 1. The maximum atomic E-state index is 4.64. The Morgan fingerprint density at radius 2 is 2.16 bits per heavy atom. The zero-order valence-corrected chi connectivity index (χ0v) is 14.2. The van der Waals surface area contributed by atoms with E-state index in [1.165, 1.54) is 25.0 Å². The highest BCUT2D eigenvalue weighted by atomic mass is 79.9. The van der Waals surface area contributed by atoms with E-state index in [4.69, 9.17) is 0 Å². The number of likely N-dealkylation sites (tertiary alicyclic amines) is 1. The van der Waals surface area contributed by atoms with Gasteiger partial charge in [-0.25, -0.2) is 0 Å². The number of rotatable bonds is 4. The fourth-order valence-electron chi connectivity index (χ4n) is 2.92. The first-order valence-electron chi connectivity index (χ1n) is 6.89. The number of hydrogen-bond donors (Lipinski definition) is 1. The molecule has 1 aromatic rings. The molecule has 0 amide bonds. The molecule has 1 saturated heterocycles. The second kappa shape index (κ2) is 5.80. The van der Waals surface area contributed by atoms with Crippen LogP contribution in [0.25, 0.3) is 0 Å². The predicted molar refractivity (Wildman–Crippen MR) is 84.1 cm³/mol. The van der Waals surface area contributed by atoms with E-state index in [1.54, 1.807) is 0 Å². The fraction of sp³-hybridized carbons (Fsp3) is 0.643. The minimum Gasteiger partial charge on any atom is -0.314 e. The first kappa shape index (κ1) is 14.0. The van der Waals surface area contributed by atoms with Gasteiger partial charge in [0.05, 0.1) is 11.7 Å². The molecule has 1 aromatic heterocycles. The van der Waals surface area contributed by atoms with Gasteiger partial charge < -0.3 is 5.32 Å². The summed E-state index contributed by atoms with van der Waals surface area (Å²) >= 11 is 7.14. The Morgan fingerprint density at radius 3 is 2.84 bits per heavy atom. The lowest BCUT2D eigenvalue weighted by atomic mass is 9.97. The molecule has 0 bridgehead atoms. The molecular weight excluding hydrogens is 370 g/mol. The van der Waals surface area contributed by atoms with Crippen molar-refractivity contribution in [3.05, 3.63) is 26.9 Å². The van der Waals surface area contributed by atoms with Crippen LogP contribution in [0.3, 0.4) is 0 Å². The van der Waals surface area contributed by atoms with Crippen LogP contribution < -0.4 is 5.32 Å². The largest absolute Gasteiger partial charge is 0.314 e. The van der Waals surface area contributed by atoms with Crippen LogP contribution in [-0.2, 0) is 0 Å². The van der Waals surface area contributed by atoms with Gasteiger partial charge in [-0.1, -0.05) is 0 Å². The molecule has 5 heteroatoms. The van der Waals surface area contributed by atoms with E-state index in [1.807, 2.05) is 6.20 Å². The van der Waals surface area contributed by atoms with Crippen LogP contribution in [0.2, 0.25) is 0 Å². The Kier molecular flexibility index (Phi) is 4.27. The van der Waals surface area contributed by atoms with Gasteiger partial charge in [0, 0.05) is 27.7 Å². The molecule has 2 aliphatic rings. The smallest absolute Gasteiger partial charge is 0.0721 e. The van der Waals surface area contributed by atoms with Crippen LogP contribution in [0.15, 0.2) is 21.2 Å². The van der Waals surface area contributed by atoms with Crippen molar-refractivity contribution in [1.82, 2.24) is 15.2 Å². The van der Waals surface area contributed by atoms with Gasteiger partial charge in [0.15, 0.2) is 0 Å². The third kappa shape index (κ3) is 3.20. The summed E-state index contributed by atoms with van der Waals surface area (Å²) in [7, 11) is 2.21. The zero-order chi connectivity index (χ0) is 13.4. The van der Waals surface area contributed by atoms with Crippen molar-refractivity contribution in [3.8, 4) is 0 Å². The molecule has 2 fully saturated rings. The number of nitrogens with one attached hydrogen (secondary N) is 1. The van der Waals surface area contributed by atoms with E-state index >= 15 is 0 Å². The van der Waals surface area contributed by atoms with Gasteiger partial charge in [0.2, 0.25) is 0 Å². The van der Waals surface area contributed by atoms with Gasteiger partial charge in [0.1, 0.15) is 0 Å². The van der Waals surface area contributed by atoms with Gasteiger partial charge in [-0.2, -0.15) is 0 Å². The third-order valence-corrected chi connectivity index (χ3v) is 5.21. The minimum absolute atomic E-state index is 0.425. The molecule has 1 aliphatic heterocycles. The van der Waals surface area contributed by atoms with E-state index in [-0.39, 0.29) is 0 Å². The van der Waals surface area contributed by atoms with E-state index in [9.17, 15) is 0 Å². The maximum Gasteiger partial charge on any atom is 0.0721 e. The van der Waals surface area contributed by atoms with Crippen molar-refractivity contribution in [2.75, 3.05) is 20.1 Å².